The summed E-state index contributed by atoms with van der Waals surface area (Å²) in [6.07, 6.45) is 0.683. The Labute approximate surface area is 165 Å². The summed E-state index contributed by atoms with van der Waals surface area (Å²) in [5.41, 5.74) is 1.10. The molecule has 0 aliphatic carbocycles. The van der Waals surface area contributed by atoms with Crippen LogP contribution in [0.15, 0.2) is 18.2 Å². The summed E-state index contributed by atoms with van der Waals surface area (Å²) >= 11 is 0. The Kier molecular flexibility index (Phi) is 8.21. The molecule has 1 aliphatic rings. The number of piperazine rings is 1. The van der Waals surface area contributed by atoms with Gasteiger partial charge in [0.2, 0.25) is 0 Å². The van der Waals surface area contributed by atoms with Gasteiger partial charge in [0.25, 0.3) is 6.47 Å². The Morgan fingerprint density at radius 2 is 1.86 bits per heavy atom. The predicted octanol–water partition coefficient (Wildman–Crippen LogP) is 1.42. The number of carboxylic acid groups (broad SMARTS) is 1. The number of ether oxygens (including phenoxy) is 2. The number of benzene rings is 1. The number of carbonyl (C=O) groups is 1. The first-order valence-corrected chi connectivity index (χ1v) is 9.14. The molecule has 1 saturated heterocycles. The van der Waals surface area contributed by atoms with Crippen molar-refractivity contribution in [2.24, 2.45) is 0 Å². The third kappa shape index (κ3) is 5.67. The third-order valence-corrected chi connectivity index (χ3v) is 4.83. The van der Waals surface area contributed by atoms with Crippen LogP contribution in [0, 0.1) is 0 Å². The van der Waals surface area contributed by atoms with E-state index in [1.54, 1.807) is 14.2 Å². The van der Waals surface area contributed by atoms with Gasteiger partial charge < -0.3 is 19.5 Å². The van der Waals surface area contributed by atoms with Crippen molar-refractivity contribution < 1.29 is 19.4 Å². The predicted molar refractivity (Wildman–Crippen MR) is 105 cm³/mol. The molecule has 1 aliphatic heterocycles. The van der Waals surface area contributed by atoms with Gasteiger partial charge in [-0.2, -0.15) is 5.10 Å². The van der Waals surface area contributed by atoms with E-state index in [0.29, 0.717) is 6.42 Å². The zero-order chi connectivity index (χ0) is 20.5. The number of likely N-dealkylation sites (N-methyl/N-ethyl adjacent to an activating group) is 1. The van der Waals surface area contributed by atoms with Crippen molar-refractivity contribution >= 4 is 6.47 Å². The van der Waals surface area contributed by atoms with Crippen LogP contribution in [0.5, 0.6) is 11.5 Å². The fourth-order valence-electron chi connectivity index (χ4n) is 3.13. The number of aromatic nitrogens is 3. The van der Waals surface area contributed by atoms with Crippen LogP contribution in [0.4, 0.5) is 0 Å². The van der Waals surface area contributed by atoms with Crippen LogP contribution >= 0.6 is 0 Å². The molecule has 28 heavy (non-hydrogen) atoms. The Hall–Kier alpha value is -2.65. The SMILES string of the molecule is COc1ccc(Cc2nc(C(C)N3CCN(C)CC3)n[nH]2)cc1OC.O=CO. The van der Waals surface area contributed by atoms with E-state index in [4.69, 9.17) is 24.4 Å². The van der Waals surface area contributed by atoms with Gasteiger partial charge >= 0.3 is 0 Å². The second-order valence-electron chi connectivity index (χ2n) is 6.63. The van der Waals surface area contributed by atoms with Crippen LogP contribution in [0.2, 0.25) is 0 Å². The number of hydrogen-bond donors (Lipinski definition) is 2. The molecule has 2 aromatic rings. The fraction of sp³-hybridized carbons (Fsp3) is 0.526. The van der Waals surface area contributed by atoms with Gasteiger partial charge in [0.15, 0.2) is 17.3 Å². The van der Waals surface area contributed by atoms with Gasteiger partial charge in [-0.05, 0) is 31.7 Å². The lowest BCUT2D eigenvalue weighted by Gasteiger charge is -2.35. The molecule has 1 aromatic heterocycles. The van der Waals surface area contributed by atoms with Crippen LogP contribution in [0.1, 0.15) is 30.2 Å². The molecule has 9 heteroatoms. The van der Waals surface area contributed by atoms with Gasteiger partial charge in [-0.1, -0.05) is 6.07 Å². The summed E-state index contributed by atoms with van der Waals surface area (Å²) in [7, 11) is 5.45. The summed E-state index contributed by atoms with van der Waals surface area (Å²) in [4.78, 5) is 17.8. The molecule has 9 nitrogen and oxygen atoms in total. The second kappa shape index (κ2) is 10.6. The number of rotatable bonds is 6. The van der Waals surface area contributed by atoms with Crippen molar-refractivity contribution in [3.8, 4) is 11.5 Å². The van der Waals surface area contributed by atoms with E-state index < -0.39 is 0 Å². The summed E-state index contributed by atoms with van der Waals surface area (Å²) in [6, 6.07) is 6.14. The number of nitrogens with one attached hydrogen (secondary N) is 1. The van der Waals surface area contributed by atoms with Crippen molar-refractivity contribution in [1.82, 2.24) is 25.0 Å². The highest BCUT2D eigenvalue weighted by Crippen LogP contribution is 2.28. The Morgan fingerprint density at radius 1 is 1.21 bits per heavy atom. The molecule has 1 atom stereocenters. The van der Waals surface area contributed by atoms with Crippen LogP contribution in [0.25, 0.3) is 0 Å². The van der Waals surface area contributed by atoms with Crippen LogP contribution in [-0.2, 0) is 11.2 Å². The number of aromatic amines is 1. The molecule has 0 spiro atoms. The van der Waals surface area contributed by atoms with Gasteiger partial charge in [-0.3, -0.25) is 14.8 Å². The van der Waals surface area contributed by atoms with Gasteiger partial charge in [-0.25, -0.2) is 4.98 Å². The van der Waals surface area contributed by atoms with E-state index in [1.807, 2.05) is 18.2 Å². The number of hydrogen-bond acceptors (Lipinski definition) is 7. The molecule has 154 valence electrons. The zero-order valence-electron chi connectivity index (χ0n) is 16.9. The monoisotopic (exact) mass is 391 g/mol. The maximum absolute atomic E-state index is 8.36. The quantitative estimate of drug-likeness (QED) is 0.713. The minimum Gasteiger partial charge on any atom is -0.493 e. The van der Waals surface area contributed by atoms with Crippen molar-refractivity contribution in [3.63, 3.8) is 0 Å². The average molecular weight is 391 g/mol. The van der Waals surface area contributed by atoms with E-state index in [9.17, 15) is 0 Å². The number of nitrogens with zero attached hydrogens (tertiary/aromatic N) is 4. The van der Waals surface area contributed by atoms with Gasteiger partial charge in [0, 0.05) is 32.6 Å². The molecule has 0 amide bonds. The lowest BCUT2D eigenvalue weighted by molar-refractivity contribution is -0.122. The molecule has 1 fully saturated rings. The standard InChI is InChI=1S/C18H27N5O2.CH2O2/c1-13(23-9-7-22(2)8-10-23)18-19-17(20-21-18)12-14-5-6-15(24-3)16(11-14)25-4;2-1-3/h5-6,11,13H,7-10,12H2,1-4H3,(H,19,20,21);1H,(H,2,3). The van der Waals surface area contributed by atoms with Gasteiger partial charge in [0.1, 0.15) is 5.82 Å². The fourth-order valence-corrected chi connectivity index (χ4v) is 3.13. The van der Waals surface area contributed by atoms with Crippen LogP contribution in [0.3, 0.4) is 0 Å². The maximum atomic E-state index is 8.36. The lowest BCUT2D eigenvalue weighted by Crippen LogP contribution is -2.45. The second-order valence-corrected chi connectivity index (χ2v) is 6.63. The normalized spacial score (nSPS) is 16.0. The molecule has 2 N–H and O–H groups in total. The summed E-state index contributed by atoms with van der Waals surface area (Å²) in [5, 5.41) is 14.4. The van der Waals surface area contributed by atoms with Crippen molar-refractivity contribution in [1.29, 1.82) is 0 Å². The smallest absolute Gasteiger partial charge is 0.290 e. The largest absolute Gasteiger partial charge is 0.493 e. The Morgan fingerprint density at radius 3 is 2.46 bits per heavy atom. The van der Waals surface area contributed by atoms with Crippen molar-refractivity contribution in [2.45, 2.75) is 19.4 Å². The molecule has 0 radical (unpaired) electrons. The first kappa shape index (κ1) is 21.6. The van der Waals surface area contributed by atoms with Crippen molar-refractivity contribution in [3.05, 3.63) is 35.4 Å². The first-order valence-electron chi connectivity index (χ1n) is 9.14. The minimum atomic E-state index is -0.250. The summed E-state index contributed by atoms with van der Waals surface area (Å²) < 4.78 is 10.6. The molecule has 3 rings (SSSR count). The zero-order valence-corrected chi connectivity index (χ0v) is 16.9. The van der Waals surface area contributed by atoms with E-state index >= 15 is 0 Å². The molecule has 1 aromatic carbocycles. The maximum Gasteiger partial charge on any atom is 0.290 e. The molecule has 0 saturated carbocycles. The number of H-pyrrole nitrogens is 1. The average Bonchev–Trinajstić information content (AvgIpc) is 3.17. The van der Waals surface area contributed by atoms with Gasteiger partial charge in [0.05, 0.1) is 20.3 Å². The molecule has 0 bridgehead atoms. The first-order chi connectivity index (χ1) is 13.5. The topological polar surface area (TPSA) is 104 Å². The third-order valence-electron chi connectivity index (χ3n) is 4.83. The Balaban J connectivity index is 0.000000878. The minimum absolute atomic E-state index is 0.226. The summed E-state index contributed by atoms with van der Waals surface area (Å²) in [5.74, 6) is 3.18. The highest BCUT2D eigenvalue weighted by molar-refractivity contribution is 5.43. The van der Waals surface area contributed by atoms with Crippen LogP contribution < -0.4 is 9.47 Å². The van der Waals surface area contributed by atoms with Gasteiger partial charge in [-0.15, -0.1) is 0 Å². The van der Waals surface area contributed by atoms with E-state index in [1.165, 1.54) is 0 Å². The highest BCUT2D eigenvalue weighted by atomic mass is 16.5. The van der Waals surface area contributed by atoms with E-state index in [-0.39, 0.29) is 12.5 Å². The number of methoxy groups -OCH3 is 2. The Bertz CT molecular complexity index is 744. The molecule has 1 unspecified atom stereocenters. The summed E-state index contributed by atoms with van der Waals surface area (Å²) in [6.45, 7) is 6.21. The van der Waals surface area contributed by atoms with E-state index in [0.717, 1.165) is 54.9 Å². The highest BCUT2D eigenvalue weighted by Gasteiger charge is 2.23. The lowest BCUT2D eigenvalue weighted by atomic mass is 10.1. The molecular formula is C19H29N5O4. The van der Waals surface area contributed by atoms with Crippen LogP contribution in [-0.4, -0.2) is 84.0 Å². The van der Waals surface area contributed by atoms with Crippen molar-refractivity contribution in [2.75, 3.05) is 47.4 Å². The molecule has 2 heterocycles. The molecular weight excluding hydrogens is 362 g/mol. The van der Waals surface area contributed by atoms with E-state index in [2.05, 4.69) is 34.0 Å².